The zero-order valence-electron chi connectivity index (χ0n) is 3.46. The molecular weight excluding hydrogens is 272 g/mol. The monoisotopic (exact) mass is 278 g/mol. The second-order valence-electron chi connectivity index (χ2n) is 0.835. The first-order chi connectivity index (χ1) is 2.00. The predicted octanol–water partition coefficient (Wildman–Crippen LogP) is -1.41. The minimum absolute atomic E-state index is 0. The van der Waals surface area contributed by atoms with Crippen molar-refractivity contribution in [2.75, 3.05) is 0 Å². The third-order valence-electron chi connectivity index (χ3n) is 0. The van der Waals surface area contributed by atoms with Crippen LogP contribution < -0.4 is 0 Å². The van der Waals surface area contributed by atoms with Crippen LogP contribution in [0.3, 0.4) is 0 Å². The summed E-state index contributed by atoms with van der Waals surface area (Å²) in [5, 5.41) is 0. The third-order valence-corrected chi connectivity index (χ3v) is 0. The molecule has 0 saturated heterocycles. The van der Waals surface area contributed by atoms with Gasteiger partial charge in [0, 0.05) is 0 Å². The summed E-state index contributed by atoms with van der Waals surface area (Å²) in [6.07, 6.45) is 0. The molecule has 0 spiro atoms. The van der Waals surface area contributed by atoms with Gasteiger partial charge in [0.15, 0.2) is 0 Å². The largest absolute Gasteiger partial charge is 2.00 e. The van der Waals surface area contributed by atoms with Crippen LogP contribution in [0.25, 0.3) is 0 Å². The average Bonchev–Trinajstić information content (AvgIpc) is 0.722. The number of hydrogen-bond acceptors (Lipinski definition) is 1. The van der Waals surface area contributed by atoms with Gasteiger partial charge in [0.05, 0.1) is 0 Å². The van der Waals surface area contributed by atoms with Crippen LogP contribution in [0.5, 0.6) is 0 Å². The Morgan fingerprint density at radius 2 is 1.50 bits per heavy atom. The van der Waals surface area contributed by atoms with E-state index in [1.54, 1.807) is 0 Å². The molecule has 0 unspecified atom stereocenters. The van der Waals surface area contributed by atoms with Crippen LogP contribution >= 0.6 is 0 Å². The zero-order chi connectivity index (χ0) is 4.50. The van der Waals surface area contributed by atoms with Crippen molar-refractivity contribution in [1.29, 1.82) is 0 Å². The van der Waals surface area contributed by atoms with Crippen molar-refractivity contribution in [3.63, 3.8) is 0 Å². The maximum absolute atomic E-state index is 9.39. The van der Waals surface area contributed by atoms with E-state index in [1.807, 2.05) is 0 Å². The maximum Gasteiger partial charge on any atom is 2.00 e. The minimum Gasteiger partial charge on any atom is 2.00 e. The van der Waals surface area contributed by atoms with Crippen LogP contribution in [0.1, 0.15) is 0 Å². The van der Waals surface area contributed by atoms with E-state index in [0.29, 0.717) is 0 Å². The quantitative estimate of drug-likeness (QED) is 0.535. The van der Waals surface area contributed by atoms with Crippen LogP contribution in [-0.4, -0.2) is 71.2 Å². The topological polar surface area (TPSA) is 57.5 Å². The van der Waals surface area contributed by atoms with Gasteiger partial charge in [0.1, 0.15) is 0 Å². The van der Waals surface area contributed by atoms with Gasteiger partial charge in [-0.3, -0.25) is 0 Å². The van der Waals surface area contributed by atoms with Crippen LogP contribution in [0, 0.1) is 0 Å². The van der Waals surface area contributed by atoms with Gasteiger partial charge in [-0.05, 0) is 0 Å². The molecule has 0 aromatic rings. The van der Waals surface area contributed by atoms with Crippen molar-refractivity contribution >= 4 is 63.1 Å². The summed E-state index contributed by atoms with van der Waals surface area (Å²) in [6.45, 7) is 0. The van der Waals surface area contributed by atoms with E-state index >= 15 is 0 Å². The molecule has 0 aromatic carbocycles. The molecule has 0 atom stereocenters. The Morgan fingerprint density at radius 1 is 1.50 bits per heavy atom. The van der Waals surface area contributed by atoms with E-state index in [1.165, 1.54) is 0 Å². The Balaban J connectivity index is 0. The second kappa shape index (κ2) is 3.80. The molecule has 0 aliphatic heterocycles. The molecule has 0 amide bonds. The molecule has 0 aliphatic carbocycles. The third kappa shape index (κ3) is 40.2. The van der Waals surface area contributed by atoms with Crippen molar-refractivity contribution in [3.8, 4) is 0 Å². The van der Waals surface area contributed by atoms with Gasteiger partial charge in [-0.15, -0.1) is 0 Å². The maximum atomic E-state index is 9.39. The summed E-state index contributed by atoms with van der Waals surface area (Å²) in [6, 6.07) is 0. The van der Waals surface area contributed by atoms with Crippen molar-refractivity contribution < 1.29 is 11.9 Å². The van der Waals surface area contributed by atoms with E-state index in [9.17, 15) is 3.74 Å². The molecule has 32 valence electrons. The van der Waals surface area contributed by atoms with Crippen LogP contribution in [0.15, 0.2) is 0 Å². The van der Waals surface area contributed by atoms with E-state index in [0.717, 1.165) is 5.71 Å². The molecule has 0 saturated carbocycles. The Morgan fingerprint density at radius 3 is 1.50 bits per heavy atom. The standard InChI is InChI=1S/CH5AsO3.Ba/c1-2(3,4)5;/h1H3,(H2,3,4,5);/q;+2. The van der Waals surface area contributed by atoms with E-state index in [-0.39, 0.29) is 48.9 Å². The van der Waals surface area contributed by atoms with Gasteiger partial charge < -0.3 is 0 Å². The molecule has 3 nitrogen and oxygen atoms in total. The molecule has 5 heteroatoms. The fraction of sp³-hybridized carbons (Fsp3) is 1.00. The normalized spacial score (nSPS) is 9.83. The van der Waals surface area contributed by atoms with Gasteiger partial charge in [-0.2, -0.15) is 0 Å². The molecular formula is CH5AsBaO3+2. The summed E-state index contributed by atoms with van der Waals surface area (Å²) in [5.74, 6) is 0. The molecule has 0 rings (SSSR count). The van der Waals surface area contributed by atoms with Gasteiger partial charge in [0.2, 0.25) is 0 Å². The first-order valence-corrected chi connectivity index (χ1v) is 5.35. The summed E-state index contributed by atoms with van der Waals surface area (Å²) in [5.41, 5.74) is 0.915. The SMILES string of the molecule is C[As](=O)(O)O.[Ba+2]. The van der Waals surface area contributed by atoms with Crippen molar-refractivity contribution in [3.05, 3.63) is 0 Å². The number of hydrogen-bond donors (Lipinski definition) is 2. The molecule has 6 heavy (non-hydrogen) atoms. The Hall–Kier alpha value is 1.85. The van der Waals surface area contributed by atoms with E-state index in [4.69, 9.17) is 8.19 Å². The fourth-order valence-corrected chi connectivity index (χ4v) is 0. The Bertz CT molecular complexity index is 56.9. The van der Waals surface area contributed by atoms with Crippen LogP contribution in [-0.2, 0) is 3.74 Å². The number of rotatable bonds is 0. The predicted molar refractivity (Wildman–Crippen MR) is 22.5 cm³/mol. The van der Waals surface area contributed by atoms with Gasteiger partial charge in [0.25, 0.3) is 0 Å². The van der Waals surface area contributed by atoms with E-state index < -0.39 is 14.2 Å². The molecule has 0 radical (unpaired) electrons. The fourth-order valence-electron chi connectivity index (χ4n) is 0. The molecule has 0 aromatic heterocycles. The van der Waals surface area contributed by atoms with Crippen LogP contribution in [0.4, 0.5) is 0 Å². The van der Waals surface area contributed by atoms with Gasteiger partial charge in [-0.25, -0.2) is 0 Å². The van der Waals surface area contributed by atoms with Crippen LogP contribution in [0.2, 0.25) is 5.71 Å². The van der Waals surface area contributed by atoms with E-state index in [2.05, 4.69) is 0 Å². The summed E-state index contributed by atoms with van der Waals surface area (Å²) in [4.78, 5) is 0. The zero-order valence-corrected chi connectivity index (χ0v) is 9.77. The van der Waals surface area contributed by atoms with Crippen molar-refractivity contribution in [2.45, 2.75) is 5.71 Å². The van der Waals surface area contributed by atoms with Gasteiger partial charge >= 0.3 is 80.7 Å². The smallest absolute Gasteiger partial charge is 2.00 e. The molecule has 2 N–H and O–H groups in total. The summed E-state index contributed by atoms with van der Waals surface area (Å²) < 4.78 is 24.8. The molecule has 0 heterocycles. The summed E-state index contributed by atoms with van der Waals surface area (Å²) in [7, 11) is 0. The summed E-state index contributed by atoms with van der Waals surface area (Å²) >= 11 is -4.12. The minimum atomic E-state index is -4.12. The second-order valence-corrected chi connectivity index (χ2v) is 4.34. The molecule has 0 aliphatic rings. The average molecular weight is 277 g/mol. The first kappa shape index (κ1) is 10.8. The Labute approximate surface area is 79.2 Å². The van der Waals surface area contributed by atoms with Crippen molar-refractivity contribution in [2.24, 2.45) is 0 Å². The van der Waals surface area contributed by atoms with Crippen molar-refractivity contribution in [1.82, 2.24) is 0 Å². The molecule has 0 fully saturated rings. The molecule has 0 bridgehead atoms. The Kier molecular flexibility index (Phi) is 6.82. The first-order valence-electron chi connectivity index (χ1n) is 1.03. The van der Waals surface area contributed by atoms with Gasteiger partial charge in [-0.1, -0.05) is 0 Å².